The Balaban J connectivity index is 1.92. The third-order valence-electron chi connectivity index (χ3n) is 3.18. The number of hydrogen-bond donors (Lipinski definition) is 2. The number of halogens is 1. The van der Waals surface area contributed by atoms with Crippen molar-refractivity contribution in [3.63, 3.8) is 0 Å². The number of benzene rings is 2. The zero-order valence-electron chi connectivity index (χ0n) is 13.6. The van der Waals surface area contributed by atoms with Crippen molar-refractivity contribution in [1.82, 2.24) is 0 Å². The van der Waals surface area contributed by atoms with E-state index in [4.69, 9.17) is 10.5 Å². The summed E-state index contributed by atoms with van der Waals surface area (Å²) in [5.74, 6) is 0.139. The topological polar surface area (TPSA) is 59.6 Å². The second-order valence-corrected chi connectivity index (χ2v) is 5.59. The summed E-state index contributed by atoms with van der Waals surface area (Å²) < 4.78 is 19.0. The standard InChI is InChI=1S/C18H22FN3O/c1-12-8-13(2)10-15(9-12)22-18(20)21-11-14(3)23-17-7-5-4-6-16(17)19/h4-10,14H,11H2,1-3H3,(H3,20,21,22). The molecular weight excluding hydrogens is 293 g/mol. The number of guanidine groups is 1. The molecule has 0 aliphatic rings. The lowest BCUT2D eigenvalue weighted by Gasteiger charge is -2.14. The van der Waals surface area contributed by atoms with Crippen molar-refractivity contribution in [3.8, 4) is 5.75 Å². The maximum atomic E-state index is 13.5. The molecule has 23 heavy (non-hydrogen) atoms. The Hall–Kier alpha value is -2.56. The Morgan fingerprint density at radius 2 is 1.87 bits per heavy atom. The van der Waals surface area contributed by atoms with Crippen molar-refractivity contribution < 1.29 is 9.13 Å². The second-order valence-electron chi connectivity index (χ2n) is 5.59. The molecule has 2 aromatic rings. The average molecular weight is 315 g/mol. The minimum atomic E-state index is -0.385. The zero-order valence-corrected chi connectivity index (χ0v) is 13.6. The monoisotopic (exact) mass is 315 g/mol. The van der Waals surface area contributed by atoms with E-state index in [9.17, 15) is 4.39 Å². The summed E-state index contributed by atoms with van der Waals surface area (Å²) in [6.45, 7) is 6.20. The van der Waals surface area contributed by atoms with Crippen LogP contribution in [0.25, 0.3) is 0 Å². The van der Waals surface area contributed by atoms with Gasteiger partial charge < -0.3 is 15.8 Å². The molecule has 2 aromatic carbocycles. The number of nitrogens with zero attached hydrogens (tertiary/aromatic N) is 1. The molecule has 1 atom stereocenters. The first kappa shape index (κ1) is 16.8. The molecule has 0 saturated heterocycles. The largest absolute Gasteiger partial charge is 0.486 e. The van der Waals surface area contributed by atoms with Crippen LogP contribution in [-0.2, 0) is 0 Å². The number of anilines is 1. The van der Waals surface area contributed by atoms with Crippen LogP contribution in [0.2, 0.25) is 0 Å². The molecule has 1 unspecified atom stereocenters. The van der Waals surface area contributed by atoms with Gasteiger partial charge in [0.1, 0.15) is 6.10 Å². The average Bonchev–Trinajstić information content (AvgIpc) is 2.46. The van der Waals surface area contributed by atoms with Gasteiger partial charge >= 0.3 is 0 Å². The lowest BCUT2D eigenvalue weighted by Crippen LogP contribution is -2.25. The summed E-state index contributed by atoms with van der Waals surface area (Å²) in [5, 5.41) is 3.05. The fourth-order valence-corrected chi connectivity index (χ4v) is 2.26. The van der Waals surface area contributed by atoms with Crippen LogP contribution in [0.3, 0.4) is 0 Å². The molecule has 4 nitrogen and oxygen atoms in total. The molecule has 0 spiro atoms. The van der Waals surface area contributed by atoms with E-state index in [0.29, 0.717) is 12.5 Å². The molecule has 0 fully saturated rings. The van der Waals surface area contributed by atoms with E-state index in [0.717, 1.165) is 16.8 Å². The highest BCUT2D eigenvalue weighted by molar-refractivity contribution is 5.92. The van der Waals surface area contributed by atoms with Crippen molar-refractivity contribution in [2.75, 3.05) is 11.9 Å². The maximum Gasteiger partial charge on any atom is 0.193 e. The number of para-hydroxylation sites is 1. The summed E-state index contributed by atoms with van der Waals surface area (Å²) >= 11 is 0. The molecule has 2 rings (SSSR count). The summed E-state index contributed by atoms with van der Waals surface area (Å²) in [7, 11) is 0. The minimum Gasteiger partial charge on any atom is -0.486 e. The van der Waals surface area contributed by atoms with Gasteiger partial charge in [-0.3, -0.25) is 0 Å². The highest BCUT2D eigenvalue weighted by atomic mass is 19.1. The Bertz CT molecular complexity index is 680. The summed E-state index contributed by atoms with van der Waals surface area (Å²) in [5.41, 5.74) is 9.08. The van der Waals surface area contributed by atoms with Gasteiger partial charge in [0.25, 0.3) is 0 Å². The quantitative estimate of drug-likeness (QED) is 0.654. The summed E-state index contributed by atoms with van der Waals surface area (Å²) in [6.07, 6.45) is -0.286. The van der Waals surface area contributed by atoms with Gasteiger partial charge in [-0.25, -0.2) is 9.38 Å². The summed E-state index contributed by atoms with van der Waals surface area (Å²) in [6, 6.07) is 12.4. The molecule has 0 aromatic heterocycles. The molecule has 3 N–H and O–H groups in total. The van der Waals surface area contributed by atoms with E-state index in [-0.39, 0.29) is 17.7 Å². The van der Waals surface area contributed by atoms with Crippen LogP contribution in [0.5, 0.6) is 5.75 Å². The van der Waals surface area contributed by atoms with E-state index in [1.54, 1.807) is 18.2 Å². The van der Waals surface area contributed by atoms with Gasteiger partial charge in [0.05, 0.1) is 6.54 Å². The normalized spacial score (nSPS) is 12.8. The molecule has 0 bridgehead atoms. The molecule has 0 aliphatic carbocycles. The van der Waals surface area contributed by atoms with Gasteiger partial charge in [-0.2, -0.15) is 0 Å². The van der Waals surface area contributed by atoms with E-state index in [2.05, 4.69) is 16.4 Å². The van der Waals surface area contributed by atoms with Gasteiger partial charge in [0, 0.05) is 5.69 Å². The Morgan fingerprint density at radius 3 is 2.52 bits per heavy atom. The second kappa shape index (κ2) is 7.63. The van der Waals surface area contributed by atoms with Crippen LogP contribution in [0, 0.1) is 19.7 Å². The van der Waals surface area contributed by atoms with Gasteiger partial charge in [-0.1, -0.05) is 18.2 Å². The predicted octanol–water partition coefficient (Wildman–Crippen LogP) is 3.64. The molecule has 122 valence electrons. The number of nitrogens with one attached hydrogen (secondary N) is 1. The van der Waals surface area contributed by atoms with Crippen LogP contribution in [0.15, 0.2) is 47.5 Å². The van der Waals surface area contributed by atoms with Gasteiger partial charge in [0.15, 0.2) is 17.5 Å². The van der Waals surface area contributed by atoms with E-state index >= 15 is 0 Å². The number of rotatable bonds is 5. The first-order valence-corrected chi connectivity index (χ1v) is 7.50. The Morgan fingerprint density at radius 1 is 1.22 bits per heavy atom. The van der Waals surface area contributed by atoms with Gasteiger partial charge in [-0.05, 0) is 56.2 Å². The summed E-state index contributed by atoms with van der Waals surface area (Å²) in [4.78, 5) is 4.24. The van der Waals surface area contributed by atoms with Crippen molar-refractivity contribution >= 4 is 11.6 Å². The number of aryl methyl sites for hydroxylation is 2. The highest BCUT2D eigenvalue weighted by Gasteiger charge is 2.07. The third kappa shape index (κ3) is 5.29. The number of aliphatic imine (C=N–C) groups is 1. The van der Waals surface area contributed by atoms with E-state index < -0.39 is 0 Å². The van der Waals surface area contributed by atoms with Crippen molar-refractivity contribution in [3.05, 3.63) is 59.4 Å². The first-order valence-electron chi connectivity index (χ1n) is 7.50. The van der Waals surface area contributed by atoms with Gasteiger partial charge in [-0.15, -0.1) is 0 Å². The maximum absolute atomic E-state index is 13.5. The number of ether oxygens (including phenoxy) is 1. The number of nitrogens with two attached hydrogens (primary N) is 1. The smallest absolute Gasteiger partial charge is 0.193 e. The number of hydrogen-bond acceptors (Lipinski definition) is 2. The van der Waals surface area contributed by atoms with Crippen LogP contribution in [0.4, 0.5) is 10.1 Å². The minimum absolute atomic E-state index is 0.219. The van der Waals surface area contributed by atoms with Crippen LogP contribution in [0.1, 0.15) is 18.1 Å². The van der Waals surface area contributed by atoms with Crippen LogP contribution < -0.4 is 15.8 Å². The van der Waals surface area contributed by atoms with Crippen LogP contribution >= 0.6 is 0 Å². The fourth-order valence-electron chi connectivity index (χ4n) is 2.26. The molecule has 0 radical (unpaired) electrons. The van der Waals surface area contributed by atoms with Crippen molar-refractivity contribution in [1.29, 1.82) is 0 Å². The highest BCUT2D eigenvalue weighted by Crippen LogP contribution is 2.17. The van der Waals surface area contributed by atoms with Crippen molar-refractivity contribution in [2.45, 2.75) is 26.9 Å². The Kier molecular flexibility index (Phi) is 5.57. The molecule has 0 heterocycles. The third-order valence-corrected chi connectivity index (χ3v) is 3.18. The molecule has 0 saturated carbocycles. The van der Waals surface area contributed by atoms with Gasteiger partial charge in [0.2, 0.25) is 0 Å². The fraction of sp³-hybridized carbons (Fsp3) is 0.278. The van der Waals surface area contributed by atoms with Crippen molar-refractivity contribution in [2.24, 2.45) is 10.7 Å². The lowest BCUT2D eigenvalue weighted by molar-refractivity contribution is 0.220. The zero-order chi connectivity index (χ0) is 16.8. The van der Waals surface area contributed by atoms with E-state index in [1.807, 2.05) is 32.9 Å². The predicted molar refractivity (Wildman–Crippen MR) is 92.5 cm³/mol. The van der Waals surface area contributed by atoms with E-state index in [1.165, 1.54) is 6.07 Å². The SMILES string of the molecule is Cc1cc(C)cc(NC(N)=NCC(C)Oc2ccccc2F)c1. The Labute approximate surface area is 136 Å². The molecule has 0 amide bonds. The van der Waals surface area contributed by atoms with Crippen LogP contribution in [-0.4, -0.2) is 18.6 Å². The molecular formula is C18H22FN3O. The lowest BCUT2D eigenvalue weighted by atomic mass is 10.1. The first-order chi connectivity index (χ1) is 10.9. The molecule has 5 heteroatoms. The molecule has 0 aliphatic heterocycles.